The van der Waals surface area contributed by atoms with E-state index in [4.69, 9.17) is 49.0 Å². The Morgan fingerprint density at radius 2 is 1.73 bits per heavy atom. The van der Waals surface area contributed by atoms with Crippen molar-refractivity contribution in [1.82, 2.24) is 0 Å². The number of hydrogen-bond acceptors (Lipinski definition) is 4. The van der Waals surface area contributed by atoms with E-state index in [-0.39, 0.29) is 39.5 Å². The van der Waals surface area contributed by atoms with Crippen molar-refractivity contribution in [1.29, 1.82) is 0 Å². The molecule has 0 atom stereocenters. The summed E-state index contributed by atoms with van der Waals surface area (Å²) in [6.07, 6.45) is -4.03. The van der Waals surface area contributed by atoms with E-state index in [0.29, 0.717) is 17.2 Å². The topological polar surface area (TPSA) is 65.0 Å². The quantitative estimate of drug-likeness (QED) is 0.279. The van der Waals surface area contributed by atoms with Gasteiger partial charge in [-0.15, -0.1) is 0 Å². The summed E-state index contributed by atoms with van der Waals surface area (Å²) in [5.41, 5.74) is 0.961. The van der Waals surface area contributed by atoms with Crippen LogP contribution in [0.2, 0.25) is 10.0 Å². The average Bonchev–Trinajstić information content (AvgIpc) is 2.73. The Labute approximate surface area is 202 Å². The van der Waals surface area contributed by atoms with Crippen molar-refractivity contribution in [3.8, 4) is 11.5 Å². The second-order valence-corrected chi connectivity index (χ2v) is 7.68. The molecule has 2 rings (SSSR count). The molecule has 0 radical (unpaired) electrons. The van der Waals surface area contributed by atoms with Crippen molar-refractivity contribution in [3.63, 3.8) is 0 Å². The number of carboxylic acids is 1. The number of halogens is 6. The molecule has 0 unspecified atom stereocenters. The lowest BCUT2D eigenvalue weighted by Gasteiger charge is -2.15. The average molecular weight is 526 g/mol. The fourth-order valence-corrected chi connectivity index (χ4v) is 3.32. The summed E-state index contributed by atoms with van der Waals surface area (Å²) in [6, 6.07) is 9.47. The smallest absolute Gasteiger partial charge is 0.426 e. The van der Waals surface area contributed by atoms with Gasteiger partial charge in [0.2, 0.25) is 0 Å². The van der Waals surface area contributed by atoms with Gasteiger partial charge in [-0.05, 0) is 24.1 Å². The molecule has 0 aromatic heterocycles. The summed E-state index contributed by atoms with van der Waals surface area (Å²) in [6.45, 7) is 1.01. The number of aliphatic carboxylic acids is 1. The molecule has 0 amide bonds. The molecule has 2 aromatic rings. The van der Waals surface area contributed by atoms with Crippen LogP contribution in [-0.4, -0.2) is 31.0 Å². The van der Waals surface area contributed by atoms with Crippen LogP contribution in [0.25, 0.3) is 5.57 Å². The minimum atomic E-state index is -4.68. The first-order valence-corrected chi connectivity index (χ1v) is 10.3. The molecule has 0 bridgehead atoms. The van der Waals surface area contributed by atoms with E-state index >= 15 is 0 Å². The van der Waals surface area contributed by atoms with Gasteiger partial charge in [0.05, 0.1) is 17.2 Å². The van der Waals surface area contributed by atoms with Gasteiger partial charge >= 0.3 is 12.1 Å². The second kappa shape index (κ2) is 11.5. The zero-order valence-corrected chi connectivity index (χ0v) is 19.6. The molecule has 0 heterocycles. The molecule has 33 heavy (non-hydrogen) atoms. The van der Waals surface area contributed by atoms with E-state index in [2.05, 4.69) is 0 Å². The molecular formula is C22H18Cl3F3O5. The van der Waals surface area contributed by atoms with Gasteiger partial charge in [0.15, 0.2) is 5.75 Å². The zero-order valence-electron chi connectivity index (χ0n) is 17.3. The van der Waals surface area contributed by atoms with E-state index in [0.717, 1.165) is 0 Å². The molecule has 2 aromatic carbocycles. The van der Waals surface area contributed by atoms with Gasteiger partial charge in [-0.2, -0.15) is 13.2 Å². The number of rotatable bonds is 9. The van der Waals surface area contributed by atoms with Gasteiger partial charge in [0.1, 0.15) is 35.3 Å². The number of allylic oxidation sites excluding steroid dienone is 2. The molecule has 0 aliphatic carbocycles. The molecule has 1 N–H and O–H groups in total. The van der Waals surface area contributed by atoms with Crippen LogP contribution in [-0.2, 0) is 16.1 Å². The Morgan fingerprint density at radius 1 is 1.12 bits per heavy atom. The molecule has 178 valence electrons. The van der Waals surface area contributed by atoms with E-state index in [1.165, 1.54) is 26.2 Å². The van der Waals surface area contributed by atoms with Crippen LogP contribution in [0.15, 0.2) is 53.3 Å². The lowest BCUT2D eigenvalue weighted by molar-refractivity contribution is -0.130. The van der Waals surface area contributed by atoms with Crippen molar-refractivity contribution in [2.24, 2.45) is 0 Å². The second-order valence-electron chi connectivity index (χ2n) is 6.46. The maximum absolute atomic E-state index is 12.4. The molecule has 0 aliphatic rings. The summed E-state index contributed by atoms with van der Waals surface area (Å²) in [5.74, 6) is -0.739. The van der Waals surface area contributed by atoms with Crippen LogP contribution in [0.5, 0.6) is 11.5 Å². The predicted octanol–water partition coefficient (Wildman–Crippen LogP) is 7.10. The minimum absolute atomic E-state index is 0.00339. The lowest BCUT2D eigenvalue weighted by atomic mass is 9.99. The van der Waals surface area contributed by atoms with Gasteiger partial charge in [0, 0.05) is 12.1 Å². The van der Waals surface area contributed by atoms with Crippen molar-refractivity contribution in [2.75, 3.05) is 13.7 Å². The molecular weight excluding hydrogens is 508 g/mol. The fourth-order valence-electron chi connectivity index (χ4n) is 2.68. The number of alkyl halides is 3. The Kier molecular flexibility index (Phi) is 9.34. The van der Waals surface area contributed by atoms with Gasteiger partial charge in [0.25, 0.3) is 0 Å². The molecule has 0 spiro atoms. The molecule has 0 aliphatic heterocycles. The summed E-state index contributed by atoms with van der Waals surface area (Å²) in [4.78, 5) is 11.7. The van der Waals surface area contributed by atoms with Crippen LogP contribution < -0.4 is 9.47 Å². The molecule has 0 fully saturated rings. The van der Waals surface area contributed by atoms with Crippen LogP contribution in [0, 0.1) is 0 Å². The predicted molar refractivity (Wildman–Crippen MR) is 120 cm³/mol. The number of carboxylic acid groups (broad SMARTS) is 1. The number of methoxy groups -OCH3 is 1. The van der Waals surface area contributed by atoms with Crippen LogP contribution in [0.4, 0.5) is 13.2 Å². The van der Waals surface area contributed by atoms with Gasteiger partial charge in [-0.3, -0.25) is 0 Å². The summed E-state index contributed by atoms with van der Waals surface area (Å²) in [5, 5.41) is 8.27. The maximum atomic E-state index is 12.4. The first-order chi connectivity index (χ1) is 15.5. The Morgan fingerprint density at radius 3 is 2.27 bits per heavy atom. The zero-order chi connectivity index (χ0) is 24.8. The van der Waals surface area contributed by atoms with Crippen molar-refractivity contribution in [3.05, 3.63) is 74.4 Å². The Bertz CT molecular complexity index is 1060. The van der Waals surface area contributed by atoms with Crippen molar-refractivity contribution >= 4 is 46.3 Å². The largest absolute Gasteiger partial charge is 0.500 e. The summed E-state index contributed by atoms with van der Waals surface area (Å²) < 4.78 is 53.3. The van der Waals surface area contributed by atoms with Crippen molar-refractivity contribution in [2.45, 2.75) is 19.7 Å². The number of hydrogen-bond donors (Lipinski definition) is 1. The molecule has 5 nitrogen and oxygen atoms in total. The first kappa shape index (κ1) is 26.7. The van der Waals surface area contributed by atoms with Crippen LogP contribution in [0.1, 0.15) is 18.1 Å². The monoisotopic (exact) mass is 524 g/mol. The molecule has 0 saturated carbocycles. The van der Waals surface area contributed by atoms with E-state index in [9.17, 15) is 23.1 Å². The van der Waals surface area contributed by atoms with Gasteiger partial charge < -0.3 is 19.3 Å². The van der Waals surface area contributed by atoms with E-state index in [1.807, 2.05) is 0 Å². The van der Waals surface area contributed by atoms with Crippen LogP contribution in [0.3, 0.4) is 0 Å². The summed E-state index contributed by atoms with van der Waals surface area (Å²) in [7, 11) is 1.37. The fraction of sp³-hybridized carbons (Fsp3) is 0.227. The van der Waals surface area contributed by atoms with Crippen LogP contribution >= 0.6 is 34.8 Å². The SMILES string of the molecule is COC(C)=C(C(=O)O)c1ccccc1COc1cc(Cl)c(OCC=C(Cl)C(F)(F)F)c(Cl)c1. The highest BCUT2D eigenvalue weighted by atomic mass is 35.5. The molecule has 0 saturated heterocycles. The minimum Gasteiger partial charge on any atom is -0.500 e. The third-order valence-corrected chi connectivity index (χ3v) is 5.22. The summed E-state index contributed by atoms with van der Waals surface area (Å²) >= 11 is 17.4. The first-order valence-electron chi connectivity index (χ1n) is 9.19. The standard InChI is InChI=1S/C22H18Cl3F3O5/c1-12(31-2)19(21(29)30)15-6-4-3-5-13(15)11-33-14-9-16(23)20(17(24)10-14)32-8-7-18(25)22(26,27)28/h3-7,9-10H,8,11H2,1-2H3,(H,29,30). The highest BCUT2D eigenvalue weighted by molar-refractivity contribution is 6.37. The van der Waals surface area contributed by atoms with E-state index < -0.39 is 23.8 Å². The maximum Gasteiger partial charge on any atom is 0.426 e. The number of carbonyl (C=O) groups is 1. The third kappa shape index (κ3) is 7.22. The highest BCUT2D eigenvalue weighted by Gasteiger charge is 2.32. The number of benzene rings is 2. The van der Waals surface area contributed by atoms with E-state index in [1.54, 1.807) is 24.3 Å². The normalized spacial score (nSPS) is 12.8. The highest BCUT2D eigenvalue weighted by Crippen LogP contribution is 2.38. The molecule has 11 heteroatoms. The third-order valence-electron chi connectivity index (χ3n) is 4.29. The van der Waals surface area contributed by atoms with Gasteiger partial charge in [-0.25, -0.2) is 4.79 Å². The lowest BCUT2D eigenvalue weighted by Crippen LogP contribution is -2.09. The van der Waals surface area contributed by atoms with Crippen molar-refractivity contribution < 1.29 is 37.3 Å². The Hall–Kier alpha value is -2.55. The Balaban J connectivity index is 2.21. The number of ether oxygens (including phenoxy) is 3. The van der Waals surface area contributed by atoms with Gasteiger partial charge in [-0.1, -0.05) is 59.1 Å².